The highest BCUT2D eigenvalue weighted by molar-refractivity contribution is 14.1. The van der Waals surface area contributed by atoms with E-state index in [4.69, 9.17) is 5.73 Å². The van der Waals surface area contributed by atoms with Crippen LogP contribution >= 0.6 is 34.4 Å². The van der Waals surface area contributed by atoms with Gasteiger partial charge in [0.15, 0.2) is 22.1 Å². The highest BCUT2D eigenvalue weighted by atomic mass is 127. The van der Waals surface area contributed by atoms with Gasteiger partial charge >= 0.3 is 0 Å². The monoisotopic (exact) mass is 498 g/mol. The summed E-state index contributed by atoms with van der Waals surface area (Å²) >= 11 is 3.74. The molecule has 0 atom stereocenters. The highest BCUT2D eigenvalue weighted by Crippen LogP contribution is 2.35. The van der Waals surface area contributed by atoms with Crippen molar-refractivity contribution in [2.75, 3.05) is 18.8 Å². The maximum absolute atomic E-state index is 9.82. The third-order valence-corrected chi connectivity index (χ3v) is 6.17. The molecule has 0 radical (unpaired) electrons. The number of rotatable bonds is 6. The van der Waals surface area contributed by atoms with Crippen LogP contribution in [0.5, 0.6) is 5.75 Å². The smallest absolute Gasteiger partial charge is 0.175 e. The Morgan fingerprint density at radius 2 is 2.07 bits per heavy atom. The molecule has 0 unspecified atom stereocenters. The Bertz CT molecular complexity index is 953. The quantitative estimate of drug-likeness (QED) is 0.353. The number of anilines is 1. The van der Waals surface area contributed by atoms with Gasteiger partial charge in [-0.1, -0.05) is 32.5 Å². The molecule has 0 aliphatic carbocycles. The molecule has 27 heavy (non-hydrogen) atoms. The zero-order valence-electron chi connectivity index (χ0n) is 15.5. The minimum Gasteiger partial charge on any atom is -0.508 e. The third-order valence-electron chi connectivity index (χ3n) is 3.81. The topological polar surface area (TPSA) is 102 Å². The number of phenolic OH excluding ortho intramolecular Hbond substituents is 1. The van der Waals surface area contributed by atoms with E-state index in [0.29, 0.717) is 17.9 Å². The van der Waals surface area contributed by atoms with Crippen LogP contribution < -0.4 is 11.1 Å². The van der Waals surface area contributed by atoms with Gasteiger partial charge in [-0.3, -0.25) is 0 Å². The number of aromatic hydroxyl groups is 1. The Balaban J connectivity index is 1.91. The summed E-state index contributed by atoms with van der Waals surface area (Å²) in [7, 11) is 0. The van der Waals surface area contributed by atoms with Crippen LogP contribution in [-0.2, 0) is 6.54 Å². The lowest BCUT2D eigenvalue weighted by Crippen LogP contribution is -2.29. The van der Waals surface area contributed by atoms with Gasteiger partial charge in [0.25, 0.3) is 0 Å². The van der Waals surface area contributed by atoms with Crippen molar-refractivity contribution < 1.29 is 5.11 Å². The van der Waals surface area contributed by atoms with Gasteiger partial charge in [0.05, 0.1) is 0 Å². The molecule has 0 saturated carbocycles. The van der Waals surface area contributed by atoms with E-state index in [0.717, 1.165) is 32.4 Å². The number of hydrogen-bond donors (Lipinski definition) is 3. The molecule has 144 valence electrons. The van der Waals surface area contributed by atoms with Crippen molar-refractivity contribution in [1.82, 2.24) is 24.8 Å². The van der Waals surface area contributed by atoms with Crippen molar-refractivity contribution >= 4 is 51.3 Å². The van der Waals surface area contributed by atoms with Gasteiger partial charge in [0.2, 0.25) is 0 Å². The summed E-state index contributed by atoms with van der Waals surface area (Å²) in [6.07, 6.45) is 1.46. The molecular formula is C18H23IN6OS. The van der Waals surface area contributed by atoms with Crippen LogP contribution in [0.2, 0.25) is 0 Å². The lowest BCUT2D eigenvalue weighted by molar-refractivity contribution is 0.375. The Morgan fingerprint density at radius 1 is 1.30 bits per heavy atom. The number of nitrogens with two attached hydrogens (primary N) is 1. The van der Waals surface area contributed by atoms with Crippen LogP contribution in [0.4, 0.5) is 5.82 Å². The maximum Gasteiger partial charge on any atom is 0.175 e. The van der Waals surface area contributed by atoms with Crippen LogP contribution in [0.25, 0.3) is 11.2 Å². The predicted molar refractivity (Wildman–Crippen MR) is 117 cm³/mol. The second-order valence-electron chi connectivity index (χ2n) is 7.43. The molecule has 0 spiro atoms. The number of hydrogen-bond acceptors (Lipinski definition) is 7. The largest absolute Gasteiger partial charge is 0.508 e. The lowest BCUT2D eigenvalue weighted by Gasteiger charge is -2.19. The molecule has 0 fully saturated rings. The average molecular weight is 498 g/mol. The second kappa shape index (κ2) is 8.19. The first-order valence-electron chi connectivity index (χ1n) is 8.58. The number of imidazole rings is 1. The zero-order chi connectivity index (χ0) is 19.6. The van der Waals surface area contributed by atoms with Crippen molar-refractivity contribution in [3.8, 4) is 5.75 Å². The first-order chi connectivity index (χ1) is 12.7. The second-order valence-corrected chi connectivity index (χ2v) is 9.60. The summed E-state index contributed by atoms with van der Waals surface area (Å²) in [6, 6.07) is 5.29. The minimum atomic E-state index is 0.221. The SMILES string of the molecule is CC(C)(C)CNCCn1c(Sc2cc(O)ccc2I)nc2c(N)ncnc21. The first kappa shape index (κ1) is 20.2. The summed E-state index contributed by atoms with van der Waals surface area (Å²) < 4.78 is 3.09. The number of nitrogens with zero attached hydrogens (tertiary/aromatic N) is 4. The molecule has 0 amide bonds. The molecule has 2 aromatic heterocycles. The van der Waals surface area contributed by atoms with Gasteiger partial charge in [0, 0.05) is 28.1 Å². The molecule has 3 rings (SSSR count). The summed E-state index contributed by atoms with van der Waals surface area (Å²) in [6.45, 7) is 9.02. The van der Waals surface area contributed by atoms with E-state index in [-0.39, 0.29) is 11.2 Å². The molecule has 1 aromatic carbocycles. The van der Waals surface area contributed by atoms with Crippen molar-refractivity contribution in [2.24, 2.45) is 5.41 Å². The maximum atomic E-state index is 9.82. The Morgan fingerprint density at radius 3 is 2.81 bits per heavy atom. The van der Waals surface area contributed by atoms with E-state index in [1.165, 1.54) is 18.1 Å². The van der Waals surface area contributed by atoms with Crippen LogP contribution in [0, 0.1) is 8.99 Å². The molecule has 7 nitrogen and oxygen atoms in total. The van der Waals surface area contributed by atoms with E-state index in [9.17, 15) is 5.11 Å². The zero-order valence-corrected chi connectivity index (χ0v) is 18.5. The number of phenols is 1. The number of nitrogens with one attached hydrogen (secondary N) is 1. The van der Waals surface area contributed by atoms with E-state index in [1.807, 2.05) is 10.6 Å². The number of fused-ring (bicyclic) bond motifs is 1. The molecule has 0 bridgehead atoms. The summed E-state index contributed by atoms with van der Waals surface area (Å²) in [4.78, 5) is 14.0. The molecule has 0 aliphatic heterocycles. The highest BCUT2D eigenvalue weighted by Gasteiger charge is 2.17. The standard InChI is InChI=1S/C18H23IN6OS/c1-18(2,3)9-21-6-7-25-16-14(15(20)22-10-23-16)24-17(25)27-13-8-11(26)4-5-12(13)19/h4-5,8,10,21,26H,6-7,9H2,1-3H3,(H2,20,22,23). The summed E-state index contributed by atoms with van der Waals surface area (Å²) in [5, 5.41) is 14.1. The van der Waals surface area contributed by atoms with Gasteiger partial charge < -0.3 is 20.7 Å². The molecule has 3 aromatic rings. The van der Waals surface area contributed by atoms with Gasteiger partial charge in [-0.15, -0.1) is 0 Å². The van der Waals surface area contributed by atoms with Gasteiger partial charge in [-0.25, -0.2) is 15.0 Å². The first-order valence-corrected chi connectivity index (χ1v) is 10.5. The summed E-state index contributed by atoms with van der Waals surface area (Å²) in [5.74, 6) is 0.598. The minimum absolute atomic E-state index is 0.221. The summed E-state index contributed by atoms with van der Waals surface area (Å²) in [5.41, 5.74) is 7.55. The molecule has 0 aliphatic rings. The number of halogens is 1. The van der Waals surface area contributed by atoms with Crippen LogP contribution in [0.1, 0.15) is 20.8 Å². The molecule has 0 saturated heterocycles. The Kier molecular flexibility index (Phi) is 6.11. The fourth-order valence-electron chi connectivity index (χ4n) is 2.54. The van der Waals surface area contributed by atoms with Gasteiger partial charge in [-0.2, -0.15) is 0 Å². The third kappa shape index (κ3) is 5.02. The number of benzene rings is 1. The number of aromatic nitrogens is 4. The van der Waals surface area contributed by atoms with E-state index in [2.05, 4.69) is 63.6 Å². The molecule has 2 heterocycles. The molecular weight excluding hydrogens is 475 g/mol. The average Bonchev–Trinajstić information content (AvgIpc) is 2.93. The number of nitrogen functional groups attached to an aromatic ring is 1. The molecule has 9 heteroatoms. The predicted octanol–water partition coefficient (Wildman–Crippen LogP) is 3.51. The lowest BCUT2D eigenvalue weighted by atomic mass is 9.97. The Hall–Kier alpha value is -1.59. The van der Waals surface area contributed by atoms with E-state index < -0.39 is 0 Å². The van der Waals surface area contributed by atoms with E-state index in [1.54, 1.807) is 12.1 Å². The van der Waals surface area contributed by atoms with Gasteiger partial charge in [-0.05, 0) is 46.2 Å². The van der Waals surface area contributed by atoms with E-state index >= 15 is 0 Å². The van der Waals surface area contributed by atoms with Crippen molar-refractivity contribution in [3.05, 3.63) is 28.1 Å². The molecule has 4 N–H and O–H groups in total. The fraction of sp³-hybridized carbons (Fsp3) is 0.389. The Labute approximate surface area is 176 Å². The van der Waals surface area contributed by atoms with Crippen molar-refractivity contribution in [2.45, 2.75) is 37.4 Å². The van der Waals surface area contributed by atoms with Crippen molar-refractivity contribution in [1.29, 1.82) is 0 Å². The van der Waals surface area contributed by atoms with Crippen LogP contribution in [0.3, 0.4) is 0 Å². The normalized spacial score (nSPS) is 12.0. The van der Waals surface area contributed by atoms with Crippen LogP contribution in [0.15, 0.2) is 34.6 Å². The van der Waals surface area contributed by atoms with Crippen LogP contribution in [-0.4, -0.2) is 37.7 Å². The van der Waals surface area contributed by atoms with Crippen molar-refractivity contribution in [3.63, 3.8) is 0 Å². The fourth-order valence-corrected chi connectivity index (χ4v) is 4.17. The van der Waals surface area contributed by atoms with Gasteiger partial charge in [0.1, 0.15) is 12.1 Å².